The van der Waals surface area contributed by atoms with Gasteiger partial charge in [0.2, 0.25) is 0 Å². The van der Waals surface area contributed by atoms with Crippen LogP contribution in [0.25, 0.3) is 0 Å². The maximum absolute atomic E-state index is 4.03. The zero-order chi connectivity index (χ0) is 6.57. The Morgan fingerprint density at radius 3 is 2.00 bits per heavy atom. The Hall–Kier alpha value is -0.530. The third-order valence-corrected chi connectivity index (χ3v) is 0.596. The topological polar surface area (TPSA) is 15.6 Å². The van der Waals surface area contributed by atoms with E-state index in [1.165, 1.54) is 0 Å². The molecule has 0 N–H and O–H groups in total. The highest BCUT2D eigenvalue weighted by molar-refractivity contribution is 5.58. The first-order valence-electron chi connectivity index (χ1n) is 2.84. The molecule has 48 valence electrons. The van der Waals surface area contributed by atoms with E-state index in [9.17, 15) is 0 Å². The summed E-state index contributed by atoms with van der Waals surface area (Å²) in [6.07, 6.45) is 1.92. The van der Waals surface area contributed by atoms with Crippen molar-refractivity contribution in [1.82, 2.24) is 5.01 Å². The first-order chi connectivity index (χ1) is 3.63. The lowest BCUT2D eigenvalue weighted by Gasteiger charge is -2.02. The molecule has 0 bridgehead atoms. The van der Waals surface area contributed by atoms with Crippen molar-refractivity contribution in [2.24, 2.45) is 11.0 Å². The van der Waals surface area contributed by atoms with Gasteiger partial charge in [-0.3, -0.25) is 0 Å². The molecule has 0 unspecified atom stereocenters. The lowest BCUT2D eigenvalue weighted by Crippen LogP contribution is -2.03. The zero-order valence-electron chi connectivity index (χ0n) is 6.05. The molecule has 8 heavy (non-hydrogen) atoms. The molecule has 0 radical (unpaired) electrons. The molecule has 0 aromatic carbocycles. The molecule has 0 rings (SSSR count). The lowest BCUT2D eigenvalue weighted by molar-refractivity contribution is 0.437. The molecule has 0 fully saturated rings. The molecule has 0 aromatic heterocycles. The number of rotatable bonds is 2. The maximum Gasteiger partial charge on any atom is 0.0270 e. The summed E-state index contributed by atoms with van der Waals surface area (Å²) in [5.74, 6) is 0.553. The number of nitrogens with zero attached hydrogens (tertiary/aromatic N) is 2. The Bertz CT molecular complexity index is 64.6. The molecular weight excluding hydrogens is 100 g/mol. The maximum atomic E-state index is 4.03. The molecule has 0 spiro atoms. The van der Waals surface area contributed by atoms with Gasteiger partial charge < -0.3 is 5.01 Å². The van der Waals surface area contributed by atoms with Gasteiger partial charge in [-0.15, -0.1) is 0 Å². The van der Waals surface area contributed by atoms with E-state index >= 15 is 0 Å². The van der Waals surface area contributed by atoms with Crippen LogP contribution in [-0.2, 0) is 0 Å². The van der Waals surface area contributed by atoms with E-state index in [1.54, 1.807) is 5.01 Å². The van der Waals surface area contributed by atoms with Crippen molar-refractivity contribution in [2.75, 3.05) is 14.1 Å². The van der Waals surface area contributed by atoms with Crippen LogP contribution in [0.5, 0.6) is 0 Å². The van der Waals surface area contributed by atoms with E-state index in [-0.39, 0.29) is 0 Å². The highest BCUT2D eigenvalue weighted by Gasteiger charge is 1.83. The third kappa shape index (κ3) is 5.47. The average molecular weight is 114 g/mol. The van der Waals surface area contributed by atoms with Gasteiger partial charge >= 0.3 is 0 Å². The monoisotopic (exact) mass is 114 g/mol. The summed E-state index contributed by atoms with van der Waals surface area (Å²) in [6, 6.07) is 0. The molecule has 0 heterocycles. The highest BCUT2D eigenvalue weighted by atomic mass is 15.4. The summed E-state index contributed by atoms with van der Waals surface area (Å²) in [5.41, 5.74) is 0. The van der Waals surface area contributed by atoms with Crippen LogP contribution in [0.1, 0.15) is 13.8 Å². The average Bonchev–Trinajstić information content (AvgIpc) is 1.61. The fourth-order valence-electron chi connectivity index (χ4n) is 0.267. The molecule has 0 atom stereocenters. The van der Waals surface area contributed by atoms with Crippen molar-refractivity contribution in [1.29, 1.82) is 0 Å². The second-order valence-corrected chi connectivity index (χ2v) is 2.36. The van der Waals surface area contributed by atoms with E-state index < -0.39 is 0 Å². The second-order valence-electron chi connectivity index (χ2n) is 2.36. The Balaban J connectivity index is 3.34. The highest BCUT2D eigenvalue weighted by Crippen LogP contribution is 1.85. The van der Waals surface area contributed by atoms with Crippen LogP contribution in [0.15, 0.2) is 5.10 Å². The third-order valence-electron chi connectivity index (χ3n) is 0.596. The van der Waals surface area contributed by atoms with Crippen molar-refractivity contribution in [3.8, 4) is 0 Å². The van der Waals surface area contributed by atoms with Gasteiger partial charge in [-0.1, -0.05) is 13.8 Å². The smallest absolute Gasteiger partial charge is 0.0270 e. The number of hydrazone groups is 1. The normalized spacial score (nSPS) is 11.1. The van der Waals surface area contributed by atoms with Gasteiger partial charge in [0.1, 0.15) is 0 Å². The van der Waals surface area contributed by atoms with E-state index in [4.69, 9.17) is 0 Å². The summed E-state index contributed by atoms with van der Waals surface area (Å²) >= 11 is 0. The van der Waals surface area contributed by atoms with Gasteiger partial charge in [0.05, 0.1) is 0 Å². The molecule has 0 saturated carbocycles. The van der Waals surface area contributed by atoms with Crippen LogP contribution in [-0.4, -0.2) is 25.3 Å². The Morgan fingerprint density at radius 2 is 1.88 bits per heavy atom. The second kappa shape index (κ2) is 3.47. The quantitative estimate of drug-likeness (QED) is 0.389. The van der Waals surface area contributed by atoms with Gasteiger partial charge in [0.15, 0.2) is 0 Å². The lowest BCUT2D eigenvalue weighted by atomic mass is 10.3. The largest absolute Gasteiger partial charge is 0.303 e. The van der Waals surface area contributed by atoms with Crippen molar-refractivity contribution < 1.29 is 0 Å². The predicted octanol–water partition coefficient (Wildman–Crippen LogP) is 1.19. The molecule has 0 aliphatic heterocycles. The molecule has 0 aliphatic rings. The molecule has 0 aliphatic carbocycles. The first kappa shape index (κ1) is 7.47. The minimum absolute atomic E-state index is 0.553. The molecule has 2 heteroatoms. The molecule has 0 aromatic rings. The van der Waals surface area contributed by atoms with E-state index in [1.807, 2.05) is 20.3 Å². The van der Waals surface area contributed by atoms with Crippen LogP contribution < -0.4 is 0 Å². The van der Waals surface area contributed by atoms with Crippen molar-refractivity contribution in [3.63, 3.8) is 0 Å². The number of hydrogen-bond acceptors (Lipinski definition) is 2. The van der Waals surface area contributed by atoms with Gasteiger partial charge in [-0.25, -0.2) is 0 Å². The summed E-state index contributed by atoms with van der Waals surface area (Å²) in [4.78, 5) is 0. The van der Waals surface area contributed by atoms with Gasteiger partial charge in [-0.05, 0) is 5.92 Å². The summed E-state index contributed by atoms with van der Waals surface area (Å²) in [7, 11) is 3.83. The van der Waals surface area contributed by atoms with Crippen molar-refractivity contribution >= 4 is 6.21 Å². The first-order valence-corrected chi connectivity index (χ1v) is 2.84. The molecule has 2 nitrogen and oxygen atoms in total. The van der Waals surface area contributed by atoms with E-state index in [2.05, 4.69) is 18.9 Å². The number of hydrogen-bond donors (Lipinski definition) is 0. The molecule has 0 saturated heterocycles. The van der Waals surface area contributed by atoms with Crippen molar-refractivity contribution in [2.45, 2.75) is 13.8 Å². The fraction of sp³-hybridized carbons (Fsp3) is 0.833. The zero-order valence-corrected chi connectivity index (χ0v) is 6.05. The summed E-state index contributed by atoms with van der Waals surface area (Å²) in [5, 5.41) is 5.82. The Morgan fingerprint density at radius 1 is 1.38 bits per heavy atom. The van der Waals surface area contributed by atoms with Gasteiger partial charge in [0.25, 0.3) is 0 Å². The molecule has 0 amide bonds. The van der Waals surface area contributed by atoms with Gasteiger partial charge in [0, 0.05) is 20.3 Å². The van der Waals surface area contributed by atoms with Crippen LogP contribution in [0.4, 0.5) is 0 Å². The predicted molar refractivity (Wildman–Crippen MR) is 37.0 cm³/mol. The van der Waals surface area contributed by atoms with Crippen LogP contribution in [0, 0.1) is 5.92 Å². The van der Waals surface area contributed by atoms with Gasteiger partial charge in [-0.2, -0.15) is 5.10 Å². The van der Waals surface area contributed by atoms with E-state index in [0.717, 1.165) is 0 Å². The SMILES string of the molecule is CC(C)/C=N\N(C)C. The standard InChI is InChI=1S/C6H14N2/c1-6(2)5-7-8(3)4/h5-6H,1-4H3/b7-5-. The Kier molecular flexibility index (Phi) is 3.24. The Labute approximate surface area is 51.2 Å². The van der Waals surface area contributed by atoms with E-state index in [0.29, 0.717) is 5.92 Å². The van der Waals surface area contributed by atoms with Crippen LogP contribution in [0.2, 0.25) is 0 Å². The fourth-order valence-corrected chi connectivity index (χ4v) is 0.267. The molecular formula is C6H14N2. The summed E-state index contributed by atoms with van der Waals surface area (Å²) in [6.45, 7) is 4.21. The van der Waals surface area contributed by atoms with Crippen LogP contribution >= 0.6 is 0 Å². The summed E-state index contributed by atoms with van der Waals surface area (Å²) < 4.78 is 0. The van der Waals surface area contributed by atoms with Crippen LogP contribution in [0.3, 0.4) is 0 Å². The minimum Gasteiger partial charge on any atom is -0.303 e. The van der Waals surface area contributed by atoms with Crippen molar-refractivity contribution in [3.05, 3.63) is 0 Å². The minimum atomic E-state index is 0.553.